The van der Waals surface area contributed by atoms with Crippen LogP contribution in [-0.2, 0) is 13.0 Å². The SMILES string of the molecule is C=CCNC(=NCCn1cnnc1CC)NC(C)CCCN(CC)CC.I. The lowest BCUT2D eigenvalue weighted by molar-refractivity contribution is 0.292. The Morgan fingerprint density at radius 2 is 2.11 bits per heavy atom. The van der Waals surface area contributed by atoms with E-state index in [1.807, 2.05) is 6.08 Å². The van der Waals surface area contributed by atoms with E-state index in [9.17, 15) is 0 Å². The van der Waals surface area contributed by atoms with Crippen LogP contribution in [0.15, 0.2) is 24.0 Å². The number of aromatic nitrogens is 3. The number of halogens is 1. The molecule has 0 aliphatic carbocycles. The molecule has 0 aliphatic heterocycles. The van der Waals surface area contributed by atoms with Crippen molar-refractivity contribution in [2.24, 2.45) is 4.99 Å². The Hall–Kier alpha value is -1.16. The lowest BCUT2D eigenvalue weighted by Gasteiger charge is -2.21. The predicted molar refractivity (Wildman–Crippen MR) is 125 cm³/mol. The standard InChI is InChI=1S/C19H37N7.HI/c1-6-12-20-19(21-13-15-26-16-22-24-18(26)7-2)23-17(5)11-10-14-25(8-3)9-4;/h6,16-17H,1,7-15H2,2-5H3,(H2,20,21,23);1H. The monoisotopic (exact) mass is 491 g/mol. The fourth-order valence-corrected chi connectivity index (χ4v) is 2.80. The molecule has 0 spiro atoms. The van der Waals surface area contributed by atoms with Gasteiger partial charge in [0.15, 0.2) is 5.96 Å². The maximum atomic E-state index is 4.69. The van der Waals surface area contributed by atoms with E-state index in [1.165, 1.54) is 6.42 Å². The minimum absolute atomic E-state index is 0. The number of hydrogen-bond acceptors (Lipinski definition) is 4. The smallest absolute Gasteiger partial charge is 0.191 e. The largest absolute Gasteiger partial charge is 0.354 e. The topological polar surface area (TPSA) is 70.4 Å². The second-order valence-corrected chi connectivity index (χ2v) is 6.41. The first-order chi connectivity index (χ1) is 12.6. The number of nitrogens with zero attached hydrogens (tertiary/aromatic N) is 5. The van der Waals surface area contributed by atoms with Crippen molar-refractivity contribution in [3.63, 3.8) is 0 Å². The van der Waals surface area contributed by atoms with E-state index in [-0.39, 0.29) is 24.0 Å². The second-order valence-electron chi connectivity index (χ2n) is 6.41. The third-order valence-electron chi connectivity index (χ3n) is 4.43. The van der Waals surface area contributed by atoms with Crippen molar-refractivity contribution in [2.45, 2.75) is 59.5 Å². The molecule has 1 aromatic rings. The molecule has 0 amide bonds. The summed E-state index contributed by atoms with van der Waals surface area (Å²) in [5.74, 6) is 1.84. The summed E-state index contributed by atoms with van der Waals surface area (Å²) in [6.07, 6.45) is 6.81. The van der Waals surface area contributed by atoms with E-state index >= 15 is 0 Å². The molecule has 7 nitrogen and oxygen atoms in total. The Kier molecular flexibility index (Phi) is 15.2. The first kappa shape index (κ1) is 25.8. The van der Waals surface area contributed by atoms with Crippen LogP contribution in [0.1, 0.15) is 46.4 Å². The normalized spacial score (nSPS) is 12.6. The van der Waals surface area contributed by atoms with Crippen LogP contribution in [0.2, 0.25) is 0 Å². The van der Waals surface area contributed by atoms with Gasteiger partial charge in [-0.15, -0.1) is 40.8 Å². The highest BCUT2D eigenvalue weighted by molar-refractivity contribution is 14.0. The fraction of sp³-hybridized carbons (Fsp3) is 0.737. The zero-order chi connectivity index (χ0) is 19.2. The number of aryl methyl sites for hydroxylation is 1. The van der Waals surface area contributed by atoms with Gasteiger partial charge in [0.05, 0.1) is 6.54 Å². The van der Waals surface area contributed by atoms with Crippen LogP contribution < -0.4 is 10.6 Å². The summed E-state index contributed by atoms with van der Waals surface area (Å²) in [5.41, 5.74) is 0. The molecular formula is C19H38IN7. The van der Waals surface area contributed by atoms with Gasteiger partial charge in [0.25, 0.3) is 0 Å². The van der Waals surface area contributed by atoms with Crippen LogP contribution in [0.25, 0.3) is 0 Å². The van der Waals surface area contributed by atoms with Crippen molar-refractivity contribution >= 4 is 29.9 Å². The van der Waals surface area contributed by atoms with Crippen molar-refractivity contribution < 1.29 is 0 Å². The molecule has 1 atom stereocenters. The highest BCUT2D eigenvalue weighted by Gasteiger charge is 2.07. The van der Waals surface area contributed by atoms with Gasteiger partial charge in [0.2, 0.25) is 0 Å². The Morgan fingerprint density at radius 1 is 1.37 bits per heavy atom. The van der Waals surface area contributed by atoms with Crippen LogP contribution in [0.3, 0.4) is 0 Å². The minimum atomic E-state index is 0. The average Bonchev–Trinajstić information content (AvgIpc) is 3.10. The predicted octanol–water partition coefficient (Wildman–Crippen LogP) is 2.69. The fourth-order valence-electron chi connectivity index (χ4n) is 2.80. The number of aliphatic imine (C=N–C) groups is 1. The Balaban J connectivity index is 0.00000676. The highest BCUT2D eigenvalue weighted by Crippen LogP contribution is 2.00. The quantitative estimate of drug-likeness (QED) is 0.192. The lowest BCUT2D eigenvalue weighted by Crippen LogP contribution is -2.42. The number of rotatable bonds is 13. The maximum Gasteiger partial charge on any atom is 0.191 e. The third kappa shape index (κ3) is 10.7. The number of guanidine groups is 1. The van der Waals surface area contributed by atoms with Crippen LogP contribution in [0, 0.1) is 0 Å². The summed E-state index contributed by atoms with van der Waals surface area (Å²) < 4.78 is 2.06. The van der Waals surface area contributed by atoms with Gasteiger partial charge in [-0.05, 0) is 39.4 Å². The summed E-state index contributed by atoms with van der Waals surface area (Å²) in [7, 11) is 0. The summed E-state index contributed by atoms with van der Waals surface area (Å²) >= 11 is 0. The van der Waals surface area contributed by atoms with Gasteiger partial charge in [-0.1, -0.05) is 26.8 Å². The Labute approximate surface area is 182 Å². The molecule has 27 heavy (non-hydrogen) atoms. The molecular weight excluding hydrogens is 453 g/mol. The van der Waals surface area contributed by atoms with Crippen LogP contribution >= 0.6 is 24.0 Å². The van der Waals surface area contributed by atoms with Gasteiger partial charge < -0.3 is 20.1 Å². The highest BCUT2D eigenvalue weighted by atomic mass is 127. The van der Waals surface area contributed by atoms with Crippen molar-refractivity contribution in [3.05, 3.63) is 24.8 Å². The molecule has 0 saturated heterocycles. The van der Waals surface area contributed by atoms with Gasteiger partial charge in [0, 0.05) is 25.6 Å². The van der Waals surface area contributed by atoms with E-state index < -0.39 is 0 Å². The van der Waals surface area contributed by atoms with Crippen molar-refractivity contribution in [3.8, 4) is 0 Å². The Morgan fingerprint density at radius 3 is 2.74 bits per heavy atom. The summed E-state index contributed by atoms with van der Waals surface area (Å²) in [6, 6.07) is 0.378. The minimum Gasteiger partial charge on any atom is -0.354 e. The molecule has 0 saturated carbocycles. The first-order valence-electron chi connectivity index (χ1n) is 9.89. The number of hydrogen-bond donors (Lipinski definition) is 2. The summed E-state index contributed by atoms with van der Waals surface area (Å²) in [4.78, 5) is 7.15. The second kappa shape index (κ2) is 15.9. The van der Waals surface area contributed by atoms with E-state index in [2.05, 4.69) is 69.6 Å². The molecule has 0 fully saturated rings. The molecule has 1 heterocycles. The van der Waals surface area contributed by atoms with Crippen LogP contribution in [0.4, 0.5) is 0 Å². The molecule has 0 aromatic carbocycles. The molecule has 1 unspecified atom stereocenters. The van der Waals surface area contributed by atoms with Crippen LogP contribution in [0.5, 0.6) is 0 Å². The Bertz CT molecular complexity index is 526. The molecule has 156 valence electrons. The molecule has 1 aromatic heterocycles. The third-order valence-corrected chi connectivity index (χ3v) is 4.43. The molecule has 1 rings (SSSR count). The molecule has 0 aliphatic rings. The van der Waals surface area contributed by atoms with Crippen molar-refractivity contribution in [2.75, 3.05) is 32.7 Å². The maximum absolute atomic E-state index is 4.69. The van der Waals surface area contributed by atoms with E-state index in [0.717, 1.165) is 50.8 Å². The summed E-state index contributed by atoms with van der Waals surface area (Å²) in [6.45, 7) is 18.1. The van der Waals surface area contributed by atoms with Crippen molar-refractivity contribution in [1.29, 1.82) is 0 Å². The average molecular weight is 491 g/mol. The summed E-state index contributed by atoms with van der Waals surface area (Å²) in [5, 5.41) is 14.9. The number of nitrogens with one attached hydrogen (secondary N) is 2. The molecule has 2 N–H and O–H groups in total. The lowest BCUT2D eigenvalue weighted by atomic mass is 10.2. The van der Waals surface area contributed by atoms with Crippen LogP contribution in [-0.4, -0.2) is 64.4 Å². The zero-order valence-electron chi connectivity index (χ0n) is 17.4. The molecule has 0 radical (unpaired) electrons. The van der Waals surface area contributed by atoms with Gasteiger partial charge in [-0.25, -0.2) is 0 Å². The van der Waals surface area contributed by atoms with E-state index in [4.69, 9.17) is 0 Å². The van der Waals surface area contributed by atoms with Gasteiger partial charge in [-0.3, -0.25) is 4.99 Å². The first-order valence-corrected chi connectivity index (χ1v) is 9.89. The van der Waals surface area contributed by atoms with Gasteiger partial charge in [0.1, 0.15) is 12.2 Å². The molecule has 0 bridgehead atoms. The zero-order valence-corrected chi connectivity index (χ0v) is 19.8. The van der Waals surface area contributed by atoms with E-state index in [0.29, 0.717) is 19.1 Å². The molecule has 8 heteroatoms. The van der Waals surface area contributed by atoms with Gasteiger partial charge >= 0.3 is 0 Å². The van der Waals surface area contributed by atoms with Crippen molar-refractivity contribution in [1.82, 2.24) is 30.3 Å². The van der Waals surface area contributed by atoms with E-state index in [1.54, 1.807) is 6.33 Å². The van der Waals surface area contributed by atoms with Gasteiger partial charge in [-0.2, -0.15) is 0 Å².